The van der Waals surface area contributed by atoms with Crippen molar-refractivity contribution in [3.8, 4) is 5.75 Å². The third-order valence-electron chi connectivity index (χ3n) is 4.03. The van der Waals surface area contributed by atoms with Crippen molar-refractivity contribution in [3.63, 3.8) is 0 Å². The molecule has 2 rings (SSSR count). The molecule has 0 bridgehead atoms. The lowest BCUT2D eigenvalue weighted by molar-refractivity contribution is 0.221. The van der Waals surface area contributed by atoms with Crippen molar-refractivity contribution in [1.29, 1.82) is 0 Å². The summed E-state index contributed by atoms with van der Waals surface area (Å²) < 4.78 is 5.61. The smallest absolute Gasteiger partial charge is 0.317 e. The monoisotopic (exact) mass is 326 g/mol. The number of urea groups is 1. The molecule has 0 aliphatic rings. The van der Waals surface area contributed by atoms with Crippen LogP contribution in [0, 0.1) is 13.8 Å². The zero-order chi connectivity index (χ0) is 17.5. The molecule has 2 aromatic carbocycles. The lowest BCUT2D eigenvalue weighted by Gasteiger charge is -2.16. The first-order valence-electron chi connectivity index (χ1n) is 8.33. The van der Waals surface area contributed by atoms with Crippen LogP contribution in [0.4, 0.5) is 4.79 Å². The van der Waals surface area contributed by atoms with E-state index in [1.165, 1.54) is 11.1 Å². The van der Waals surface area contributed by atoms with E-state index in [0.717, 1.165) is 23.3 Å². The largest absolute Gasteiger partial charge is 0.473 e. The molecule has 0 saturated carbocycles. The Balaban J connectivity index is 1.79. The van der Waals surface area contributed by atoms with Crippen molar-refractivity contribution < 1.29 is 9.53 Å². The maximum atomic E-state index is 12.0. The maximum absolute atomic E-state index is 12.0. The van der Waals surface area contributed by atoms with Gasteiger partial charge in [-0.1, -0.05) is 48.9 Å². The van der Waals surface area contributed by atoms with Crippen LogP contribution in [0.2, 0.25) is 0 Å². The predicted molar refractivity (Wildman–Crippen MR) is 97.3 cm³/mol. The van der Waals surface area contributed by atoms with Crippen LogP contribution in [0.5, 0.6) is 5.75 Å². The van der Waals surface area contributed by atoms with Gasteiger partial charge in [-0.2, -0.15) is 0 Å². The lowest BCUT2D eigenvalue weighted by atomic mass is 10.1. The fourth-order valence-corrected chi connectivity index (χ4v) is 2.51. The van der Waals surface area contributed by atoms with Gasteiger partial charge < -0.3 is 15.4 Å². The standard InChI is InChI=1S/C20H26N2O2/c1-5-17-7-9-18(10-8-17)16(4)22-20(23)21-13-24-19-11-6-14(2)12-15(19)3/h6-12,16H,5,13H2,1-4H3,(H2,21,22,23). The summed E-state index contributed by atoms with van der Waals surface area (Å²) in [5.74, 6) is 0.782. The average molecular weight is 326 g/mol. The van der Waals surface area contributed by atoms with Crippen LogP contribution in [0.3, 0.4) is 0 Å². The first-order valence-corrected chi connectivity index (χ1v) is 8.33. The van der Waals surface area contributed by atoms with E-state index in [2.05, 4.69) is 47.9 Å². The van der Waals surface area contributed by atoms with Gasteiger partial charge in [-0.3, -0.25) is 0 Å². The Morgan fingerprint density at radius 3 is 2.46 bits per heavy atom. The molecule has 1 atom stereocenters. The summed E-state index contributed by atoms with van der Waals surface area (Å²) in [7, 11) is 0. The molecule has 0 aliphatic carbocycles. The average Bonchev–Trinajstić information content (AvgIpc) is 2.57. The lowest BCUT2D eigenvalue weighted by Crippen LogP contribution is -2.39. The molecular formula is C20H26N2O2. The number of amides is 2. The van der Waals surface area contributed by atoms with E-state index < -0.39 is 0 Å². The molecule has 2 N–H and O–H groups in total. The number of rotatable bonds is 6. The molecule has 0 spiro atoms. The second kappa shape index (κ2) is 8.39. The van der Waals surface area contributed by atoms with Gasteiger partial charge in [0.15, 0.2) is 6.73 Å². The van der Waals surface area contributed by atoms with Crippen LogP contribution < -0.4 is 15.4 Å². The highest BCUT2D eigenvalue weighted by molar-refractivity contribution is 5.74. The number of carbonyl (C=O) groups excluding carboxylic acids is 1. The summed E-state index contributed by atoms with van der Waals surface area (Å²) in [6, 6.07) is 13.9. The van der Waals surface area contributed by atoms with Crippen molar-refractivity contribution in [3.05, 3.63) is 64.7 Å². The van der Waals surface area contributed by atoms with Crippen molar-refractivity contribution >= 4 is 6.03 Å². The zero-order valence-electron chi connectivity index (χ0n) is 14.8. The molecule has 0 aromatic heterocycles. The van der Waals surface area contributed by atoms with Crippen molar-refractivity contribution in [2.45, 2.75) is 40.2 Å². The SMILES string of the molecule is CCc1ccc(C(C)NC(=O)NCOc2ccc(C)cc2C)cc1. The van der Waals surface area contributed by atoms with Crippen LogP contribution in [0.25, 0.3) is 0 Å². The minimum atomic E-state index is -0.244. The van der Waals surface area contributed by atoms with Gasteiger partial charge in [0.05, 0.1) is 6.04 Å². The molecule has 0 heterocycles. The maximum Gasteiger partial charge on any atom is 0.317 e. The number of aryl methyl sites for hydroxylation is 3. The fraction of sp³-hybridized carbons (Fsp3) is 0.350. The van der Waals surface area contributed by atoms with Crippen molar-refractivity contribution in [2.24, 2.45) is 0 Å². The van der Waals surface area contributed by atoms with E-state index in [4.69, 9.17) is 4.74 Å². The molecule has 24 heavy (non-hydrogen) atoms. The minimum absolute atomic E-state index is 0.0583. The van der Waals surface area contributed by atoms with Gasteiger partial charge >= 0.3 is 6.03 Å². The first-order chi connectivity index (χ1) is 11.5. The summed E-state index contributed by atoms with van der Waals surface area (Å²) in [4.78, 5) is 12.0. The summed E-state index contributed by atoms with van der Waals surface area (Å²) >= 11 is 0. The summed E-state index contributed by atoms with van der Waals surface area (Å²) in [6.45, 7) is 8.25. The molecule has 1 unspecified atom stereocenters. The molecule has 4 nitrogen and oxygen atoms in total. The van der Waals surface area contributed by atoms with Crippen LogP contribution in [0.15, 0.2) is 42.5 Å². The molecule has 128 valence electrons. The Morgan fingerprint density at radius 1 is 1.12 bits per heavy atom. The van der Waals surface area contributed by atoms with Gasteiger partial charge in [0, 0.05) is 0 Å². The Hall–Kier alpha value is -2.49. The molecule has 0 aliphatic heterocycles. The van der Waals surface area contributed by atoms with Gasteiger partial charge in [0.25, 0.3) is 0 Å². The van der Waals surface area contributed by atoms with E-state index in [0.29, 0.717) is 0 Å². The van der Waals surface area contributed by atoms with Gasteiger partial charge in [-0.25, -0.2) is 4.79 Å². The molecule has 2 aromatic rings. The van der Waals surface area contributed by atoms with E-state index in [9.17, 15) is 4.79 Å². The Morgan fingerprint density at radius 2 is 1.83 bits per heavy atom. The zero-order valence-corrected chi connectivity index (χ0v) is 14.8. The van der Waals surface area contributed by atoms with E-state index >= 15 is 0 Å². The molecule has 0 radical (unpaired) electrons. The first kappa shape index (κ1) is 17.9. The highest BCUT2D eigenvalue weighted by atomic mass is 16.5. The number of carbonyl (C=O) groups is 1. The fourth-order valence-electron chi connectivity index (χ4n) is 2.51. The summed E-state index contributed by atoms with van der Waals surface area (Å²) in [5.41, 5.74) is 4.62. The second-order valence-corrected chi connectivity index (χ2v) is 6.02. The molecule has 2 amide bonds. The van der Waals surface area contributed by atoms with Crippen LogP contribution in [-0.4, -0.2) is 12.8 Å². The van der Waals surface area contributed by atoms with E-state index in [1.807, 2.05) is 32.9 Å². The minimum Gasteiger partial charge on any atom is -0.473 e. The summed E-state index contributed by atoms with van der Waals surface area (Å²) in [6.07, 6.45) is 1.01. The van der Waals surface area contributed by atoms with Gasteiger partial charge in [-0.05, 0) is 49.9 Å². The predicted octanol–water partition coefficient (Wildman–Crippen LogP) is 4.26. The highest BCUT2D eigenvalue weighted by Crippen LogP contribution is 2.18. The number of benzene rings is 2. The number of ether oxygens (including phenoxy) is 1. The Labute approximate surface area is 144 Å². The Kier molecular flexibility index (Phi) is 6.24. The molecular weight excluding hydrogens is 300 g/mol. The van der Waals surface area contributed by atoms with Crippen LogP contribution in [0.1, 0.15) is 42.1 Å². The number of nitrogens with one attached hydrogen (secondary N) is 2. The third kappa shape index (κ3) is 5.01. The Bertz CT molecular complexity index is 681. The van der Waals surface area contributed by atoms with E-state index in [1.54, 1.807) is 0 Å². The van der Waals surface area contributed by atoms with Crippen molar-refractivity contribution in [2.75, 3.05) is 6.73 Å². The van der Waals surface area contributed by atoms with Gasteiger partial charge in [0.2, 0.25) is 0 Å². The van der Waals surface area contributed by atoms with E-state index in [-0.39, 0.29) is 18.8 Å². The normalized spacial score (nSPS) is 11.7. The quantitative estimate of drug-likeness (QED) is 0.779. The summed E-state index contributed by atoms with van der Waals surface area (Å²) in [5, 5.41) is 5.64. The number of hydrogen-bond acceptors (Lipinski definition) is 2. The highest BCUT2D eigenvalue weighted by Gasteiger charge is 2.09. The van der Waals surface area contributed by atoms with Gasteiger partial charge in [0.1, 0.15) is 5.75 Å². The van der Waals surface area contributed by atoms with Crippen molar-refractivity contribution in [1.82, 2.24) is 10.6 Å². The molecule has 4 heteroatoms. The second-order valence-electron chi connectivity index (χ2n) is 6.02. The van der Waals surface area contributed by atoms with Crippen LogP contribution >= 0.6 is 0 Å². The van der Waals surface area contributed by atoms with Crippen LogP contribution in [-0.2, 0) is 6.42 Å². The number of hydrogen-bond donors (Lipinski definition) is 2. The topological polar surface area (TPSA) is 50.4 Å². The van der Waals surface area contributed by atoms with Gasteiger partial charge in [-0.15, -0.1) is 0 Å². The molecule has 0 fully saturated rings. The third-order valence-corrected chi connectivity index (χ3v) is 4.03. The molecule has 0 saturated heterocycles.